The molecule has 3 nitrogen and oxygen atoms in total. The predicted molar refractivity (Wildman–Crippen MR) is 68.9 cm³/mol. The second-order valence-electron chi connectivity index (χ2n) is 3.77. The summed E-state index contributed by atoms with van der Waals surface area (Å²) in [7, 11) is 0. The Bertz CT molecular complexity index is 286. The van der Waals surface area contributed by atoms with E-state index in [2.05, 4.69) is 30.7 Å². The molecule has 1 rings (SSSR count). The van der Waals surface area contributed by atoms with Crippen molar-refractivity contribution in [3.8, 4) is 0 Å². The van der Waals surface area contributed by atoms with Gasteiger partial charge >= 0.3 is 0 Å². The first-order chi connectivity index (χ1) is 7.74. The Balaban J connectivity index is 2.57. The van der Waals surface area contributed by atoms with E-state index in [1.54, 1.807) is 11.3 Å². The number of hydrogen-bond donors (Lipinski definition) is 1. The van der Waals surface area contributed by atoms with Crippen LogP contribution in [0.3, 0.4) is 0 Å². The maximum atomic E-state index is 9.19. The van der Waals surface area contributed by atoms with Crippen molar-refractivity contribution in [3.63, 3.8) is 0 Å². The molecule has 1 aromatic heterocycles. The van der Waals surface area contributed by atoms with Crippen LogP contribution >= 0.6 is 11.3 Å². The van der Waals surface area contributed by atoms with Crippen LogP contribution in [0.4, 0.5) is 0 Å². The number of aliphatic hydroxyl groups excluding tert-OH is 1. The molecular formula is C12H22N2OS. The molecule has 1 N–H and O–H groups in total. The Morgan fingerprint density at radius 1 is 1.25 bits per heavy atom. The van der Waals surface area contributed by atoms with E-state index in [0.29, 0.717) is 0 Å². The lowest BCUT2D eigenvalue weighted by Crippen LogP contribution is -2.25. The Morgan fingerprint density at radius 3 is 2.38 bits per heavy atom. The number of likely N-dealkylation sites (N-methyl/N-ethyl adjacent to an activating group) is 1. The van der Waals surface area contributed by atoms with Crippen molar-refractivity contribution in [1.82, 2.24) is 9.88 Å². The van der Waals surface area contributed by atoms with Crippen molar-refractivity contribution in [1.29, 1.82) is 0 Å². The summed E-state index contributed by atoms with van der Waals surface area (Å²) in [6.07, 6.45) is 1.91. The van der Waals surface area contributed by atoms with Crippen molar-refractivity contribution < 1.29 is 5.11 Å². The van der Waals surface area contributed by atoms with Gasteiger partial charge in [-0.05, 0) is 19.5 Å². The summed E-state index contributed by atoms with van der Waals surface area (Å²) >= 11 is 1.66. The summed E-state index contributed by atoms with van der Waals surface area (Å²) < 4.78 is 0. The van der Waals surface area contributed by atoms with Crippen molar-refractivity contribution in [2.75, 3.05) is 19.6 Å². The van der Waals surface area contributed by atoms with Gasteiger partial charge in [-0.1, -0.05) is 20.8 Å². The molecule has 0 aliphatic carbocycles. The van der Waals surface area contributed by atoms with Gasteiger partial charge in [-0.25, -0.2) is 4.98 Å². The molecular weight excluding hydrogens is 220 g/mol. The van der Waals surface area contributed by atoms with E-state index < -0.39 is 0 Å². The Labute approximate surface area is 102 Å². The van der Waals surface area contributed by atoms with Gasteiger partial charge in [0.2, 0.25) is 0 Å². The van der Waals surface area contributed by atoms with Crippen LogP contribution in [0, 0.1) is 0 Å². The van der Waals surface area contributed by atoms with E-state index in [1.807, 2.05) is 0 Å². The second-order valence-corrected chi connectivity index (χ2v) is 4.93. The van der Waals surface area contributed by atoms with Gasteiger partial charge < -0.3 is 10.0 Å². The number of hydrogen-bond acceptors (Lipinski definition) is 4. The molecule has 1 aromatic rings. The smallest absolute Gasteiger partial charge is 0.0944 e. The third-order valence-corrected chi connectivity index (χ3v) is 3.98. The zero-order valence-electron chi connectivity index (χ0n) is 10.5. The summed E-state index contributed by atoms with van der Waals surface area (Å²) in [5.74, 6) is 0. The molecule has 0 spiro atoms. The van der Waals surface area contributed by atoms with Gasteiger partial charge in [0.1, 0.15) is 0 Å². The monoisotopic (exact) mass is 242 g/mol. The molecule has 92 valence electrons. The minimum atomic E-state index is 0.131. The average Bonchev–Trinajstić information content (AvgIpc) is 2.73. The molecule has 0 aliphatic heterocycles. The van der Waals surface area contributed by atoms with Gasteiger partial charge in [-0.15, -0.1) is 11.3 Å². The maximum absolute atomic E-state index is 9.19. The number of nitrogens with zero attached hydrogens (tertiary/aromatic N) is 2. The molecule has 0 fully saturated rings. The van der Waals surface area contributed by atoms with Crippen LogP contribution in [0.2, 0.25) is 0 Å². The van der Waals surface area contributed by atoms with Crippen LogP contribution in [-0.2, 0) is 19.4 Å². The number of rotatable bonds is 7. The first-order valence-corrected chi connectivity index (χ1v) is 6.87. The van der Waals surface area contributed by atoms with E-state index in [4.69, 9.17) is 0 Å². The average molecular weight is 242 g/mol. The third kappa shape index (κ3) is 3.54. The van der Waals surface area contributed by atoms with E-state index in [0.717, 1.165) is 48.1 Å². The number of aliphatic hydroxyl groups is 1. The van der Waals surface area contributed by atoms with E-state index in [-0.39, 0.29) is 6.61 Å². The van der Waals surface area contributed by atoms with Gasteiger partial charge in [-0.2, -0.15) is 0 Å². The van der Waals surface area contributed by atoms with Gasteiger partial charge in [0.15, 0.2) is 0 Å². The first-order valence-electron chi connectivity index (χ1n) is 6.05. The van der Waals surface area contributed by atoms with Crippen LogP contribution < -0.4 is 0 Å². The van der Waals surface area contributed by atoms with Crippen LogP contribution in [0.15, 0.2) is 0 Å². The van der Waals surface area contributed by atoms with Crippen molar-refractivity contribution in [3.05, 3.63) is 15.6 Å². The normalized spacial score (nSPS) is 11.3. The highest BCUT2D eigenvalue weighted by atomic mass is 32.1. The van der Waals surface area contributed by atoms with Gasteiger partial charge in [0.05, 0.1) is 22.2 Å². The largest absolute Gasteiger partial charge is 0.391 e. The molecule has 0 saturated heterocycles. The highest BCUT2D eigenvalue weighted by Gasteiger charge is 2.09. The van der Waals surface area contributed by atoms with Crippen LogP contribution in [0.5, 0.6) is 0 Å². The second kappa shape index (κ2) is 6.99. The summed E-state index contributed by atoms with van der Waals surface area (Å²) in [6.45, 7) is 9.83. The summed E-state index contributed by atoms with van der Waals surface area (Å²) in [5.41, 5.74) is 1.07. The van der Waals surface area contributed by atoms with Gasteiger partial charge in [0.25, 0.3) is 0 Å². The molecule has 4 heteroatoms. The molecule has 0 atom stereocenters. The van der Waals surface area contributed by atoms with E-state index in [1.165, 1.54) is 0 Å². The first kappa shape index (κ1) is 13.6. The molecule has 0 aliphatic rings. The van der Waals surface area contributed by atoms with E-state index in [9.17, 15) is 5.11 Å². The van der Waals surface area contributed by atoms with Gasteiger partial charge in [0, 0.05) is 13.0 Å². The minimum absolute atomic E-state index is 0.131. The number of aryl methyl sites for hydroxylation is 1. The standard InChI is InChI=1S/C12H22N2OS/c1-4-10-11(9-15)16-12(13-10)7-8-14(5-2)6-3/h15H,4-9H2,1-3H3. The molecule has 16 heavy (non-hydrogen) atoms. The predicted octanol–water partition coefficient (Wildman–Crippen LogP) is 2.08. The number of thiazole rings is 1. The Morgan fingerprint density at radius 2 is 1.94 bits per heavy atom. The topological polar surface area (TPSA) is 36.4 Å². The molecule has 1 heterocycles. The third-order valence-electron chi connectivity index (χ3n) is 2.84. The fourth-order valence-electron chi connectivity index (χ4n) is 1.74. The Kier molecular flexibility index (Phi) is 5.95. The maximum Gasteiger partial charge on any atom is 0.0944 e. The molecule has 0 saturated carbocycles. The van der Waals surface area contributed by atoms with Crippen molar-refractivity contribution in [2.45, 2.75) is 40.2 Å². The zero-order valence-corrected chi connectivity index (χ0v) is 11.3. The molecule has 0 unspecified atom stereocenters. The molecule has 0 radical (unpaired) electrons. The number of aromatic nitrogens is 1. The van der Waals surface area contributed by atoms with Crippen LogP contribution in [0.1, 0.15) is 36.3 Å². The lowest BCUT2D eigenvalue weighted by atomic mass is 10.3. The SMILES string of the molecule is CCc1nc(CCN(CC)CC)sc1CO. The fraction of sp³-hybridized carbons (Fsp3) is 0.750. The minimum Gasteiger partial charge on any atom is -0.391 e. The van der Waals surface area contributed by atoms with Crippen molar-refractivity contribution in [2.24, 2.45) is 0 Å². The van der Waals surface area contributed by atoms with Crippen molar-refractivity contribution >= 4 is 11.3 Å². The highest BCUT2D eigenvalue weighted by molar-refractivity contribution is 7.11. The summed E-state index contributed by atoms with van der Waals surface area (Å²) in [5, 5.41) is 10.4. The lowest BCUT2D eigenvalue weighted by molar-refractivity contribution is 0.284. The summed E-state index contributed by atoms with van der Waals surface area (Å²) in [6, 6.07) is 0. The van der Waals surface area contributed by atoms with Crippen LogP contribution in [0.25, 0.3) is 0 Å². The zero-order chi connectivity index (χ0) is 12.0. The molecule has 0 aromatic carbocycles. The fourth-order valence-corrected chi connectivity index (χ4v) is 2.74. The Hall–Kier alpha value is -0.450. The lowest BCUT2D eigenvalue weighted by Gasteiger charge is -2.16. The molecule has 0 amide bonds. The van der Waals surface area contributed by atoms with Crippen LogP contribution in [-0.4, -0.2) is 34.6 Å². The van der Waals surface area contributed by atoms with Gasteiger partial charge in [-0.3, -0.25) is 0 Å². The van der Waals surface area contributed by atoms with E-state index >= 15 is 0 Å². The molecule has 0 bridgehead atoms. The highest BCUT2D eigenvalue weighted by Crippen LogP contribution is 2.19. The quantitative estimate of drug-likeness (QED) is 0.795. The summed E-state index contributed by atoms with van der Waals surface area (Å²) in [4.78, 5) is 8.01.